The number of aliphatic carboxylic acids is 1. The zero-order valence-electron chi connectivity index (χ0n) is 32.6. The molecule has 0 saturated carbocycles. The van der Waals surface area contributed by atoms with E-state index in [1.807, 2.05) is 0 Å². The van der Waals surface area contributed by atoms with E-state index < -0.39 is 84.3 Å². The molecule has 0 fully saturated rings. The van der Waals surface area contributed by atoms with Crippen LogP contribution in [0.4, 0.5) is 0 Å². The lowest BCUT2D eigenvalue weighted by Gasteiger charge is -2.27. The predicted octanol–water partition coefficient (Wildman–Crippen LogP) is -3.71. The van der Waals surface area contributed by atoms with E-state index in [2.05, 4.69) is 41.5 Å². The maximum Gasteiger partial charge on any atom is 0.326 e. The van der Waals surface area contributed by atoms with E-state index in [0.29, 0.717) is 16.8 Å². The van der Waals surface area contributed by atoms with Crippen molar-refractivity contribution in [3.8, 4) is 5.75 Å². The minimum atomic E-state index is -1.45. The molecule has 0 aliphatic heterocycles. The number of carbonyl (C=O) groups excluding carboxylic acids is 6. The number of aliphatic hydroxyl groups excluding tert-OH is 1. The number of hydrogen-bond acceptors (Lipinski definition) is 12. The molecule has 3 aromatic rings. The third kappa shape index (κ3) is 16.4. The lowest BCUT2D eigenvalue weighted by molar-refractivity contribution is -0.142. The quantitative estimate of drug-likeness (QED) is 0.0222. The molecule has 0 saturated heterocycles. The van der Waals surface area contributed by atoms with Crippen molar-refractivity contribution in [2.24, 2.45) is 27.9 Å². The molecule has 22 heteroatoms. The van der Waals surface area contributed by atoms with E-state index in [-0.39, 0.29) is 63.2 Å². The molecule has 17 N–H and O–H groups in total. The number of nitrogens with zero attached hydrogens (tertiary/aromatic N) is 2. The smallest absolute Gasteiger partial charge is 0.326 e. The summed E-state index contributed by atoms with van der Waals surface area (Å²) in [7, 11) is 0. The van der Waals surface area contributed by atoms with Crippen LogP contribution in [0.25, 0.3) is 0 Å². The highest BCUT2D eigenvalue weighted by atomic mass is 16.4. The van der Waals surface area contributed by atoms with E-state index in [4.69, 9.17) is 22.9 Å². The fraction of sp³-hybridized carbons (Fsp3) is 0.395. The van der Waals surface area contributed by atoms with Crippen molar-refractivity contribution in [2.75, 3.05) is 13.2 Å². The van der Waals surface area contributed by atoms with Gasteiger partial charge in [-0.05, 0) is 42.5 Å². The second-order valence-corrected chi connectivity index (χ2v) is 13.7. The van der Waals surface area contributed by atoms with Crippen LogP contribution in [-0.4, -0.2) is 122 Å². The molecule has 6 atom stereocenters. The molecule has 0 radical (unpaired) electrons. The van der Waals surface area contributed by atoms with Crippen LogP contribution in [0.15, 0.2) is 72.1 Å². The van der Waals surface area contributed by atoms with Crippen molar-refractivity contribution < 1.29 is 48.9 Å². The number of carbonyl (C=O) groups is 7. The second-order valence-electron chi connectivity index (χ2n) is 13.7. The van der Waals surface area contributed by atoms with Crippen LogP contribution in [0.1, 0.15) is 42.5 Å². The number of hydrogen-bond donors (Lipinski definition) is 13. The van der Waals surface area contributed by atoms with Crippen LogP contribution >= 0.6 is 0 Å². The number of carboxylic acid groups (broad SMARTS) is 1. The number of aromatic nitrogens is 2. The Kier molecular flexibility index (Phi) is 18.9. The van der Waals surface area contributed by atoms with Gasteiger partial charge in [0.25, 0.3) is 0 Å². The van der Waals surface area contributed by atoms with Crippen molar-refractivity contribution in [2.45, 2.75) is 81.2 Å². The summed E-state index contributed by atoms with van der Waals surface area (Å²) in [5.41, 5.74) is 23.3. The first-order chi connectivity index (χ1) is 28.6. The Morgan fingerprint density at radius 3 is 1.75 bits per heavy atom. The van der Waals surface area contributed by atoms with Gasteiger partial charge in [-0.25, -0.2) is 9.78 Å². The van der Waals surface area contributed by atoms with Gasteiger partial charge in [-0.15, -0.1) is 0 Å². The van der Waals surface area contributed by atoms with Gasteiger partial charge in [0.2, 0.25) is 35.4 Å². The molecule has 1 heterocycles. The summed E-state index contributed by atoms with van der Waals surface area (Å²) in [4.78, 5) is 103. The van der Waals surface area contributed by atoms with E-state index >= 15 is 0 Å². The number of rotatable bonds is 25. The Morgan fingerprint density at radius 2 is 1.20 bits per heavy atom. The summed E-state index contributed by atoms with van der Waals surface area (Å²) in [5, 5.41) is 41.5. The maximum absolute atomic E-state index is 14.1. The number of aliphatic imine (C=N–C) groups is 1. The summed E-state index contributed by atoms with van der Waals surface area (Å²) >= 11 is 0. The molecular weight excluding hydrogens is 784 g/mol. The van der Waals surface area contributed by atoms with E-state index in [9.17, 15) is 48.9 Å². The normalized spacial score (nSPS) is 13.8. The molecule has 6 amide bonds. The lowest BCUT2D eigenvalue weighted by atomic mass is 10.0. The largest absolute Gasteiger partial charge is 0.508 e. The molecule has 3 rings (SSSR count). The molecule has 0 aliphatic carbocycles. The van der Waals surface area contributed by atoms with Crippen molar-refractivity contribution >= 4 is 47.4 Å². The average Bonchev–Trinajstić information content (AvgIpc) is 3.73. The number of guanidine groups is 1. The highest BCUT2D eigenvalue weighted by Crippen LogP contribution is 2.13. The minimum Gasteiger partial charge on any atom is -0.508 e. The fourth-order valence-corrected chi connectivity index (χ4v) is 5.73. The number of aliphatic hydroxyl groups is 1. The van der Waals surface area contributed by atoms with Gasteiger partial charge in [0.05, 0.1) is 12.9 Å². The number of nitrogens with one attached hydrogen (secondary N) is 6. The number of H-pyrrole nitrogens is 1. The third-order valence-corrected chi connectivity index (χ3v) is 8.94. The first-order valence-electron chi connectivity index (χ1n) is 18.8. The van der Waals surface area contributed by atoms with Gasteiger partial charge in [0, 0.05) is 44.1 Å². The Bertz CT molecular complexity index is 1930. The van der Waals surface area contributed by atoms with E-state index in [1.165, 1.54) is 36.8 Å². The Labute approximate surface area is 344 Å². The average molecular weight is 837 g/mol. The Hall–Kier alpha value is -7.07. The number of phenolic OH excluding ortho intramolecular Hbond substituents is 1. The zero-order valence-corrected chi connectivity index (χ0v) is 32.6. The van der Waals surface area contributed by atoms with E-state index in [0.717, 1.165) is 0 Å². The van der Waals surface area contributed by atoms with Crippen molar-refractivity contribution in [1.82, 2.24) is 36.6 Å². The first kappa shape index (κ1) is 47.3. The lowest BCUT2D eigenvalue weighted by Crippen LogP contribution is -2.60. The number of benzene rings is 2. The molecule has 0 aliphatic rings. The highest BCUT2D eigenvalue weighted by molar-refractivity contribution is 5.96. The number of carboxylic acids is 1. The van der Waals surface area contributed by atoms with E-state index in [1.54, 1.807) is 30.3 Å². The molecule has 0 bridgehead atoms. The third-order valence-electron chi connectivity index (χ3n) is 8.94. The molecule has 60 heavy (non-hydrogen) atoms. The summed E-state index contributed by atoms with van der Waals surface area (Å²) < 4.78 is 0. The van der Waals surface area contributed by atoms with Gasteiger partial charge in [-0.1, -0.05) is 42.5 Å². The van der Waals surface area contributed by atoms with Crippen LogP contribution in [0.3, 0.4) is 0 Å². The molecule has 22 nitrogen and oxygen atoms in total. The van der Waals surface area contributed by atoms with Crippen molar-refractivity contribution in [3.05, 3.63) is 83.9 Å². The van der Waals surface area contributed by atoms with Crippen molar-refractivity contribution in [1.29, 1.82) is 0 Å². The van der Waals surface area contributed by atoms with Gasteiger partial charge in [0.1, 0.15) is 42.0 Å². The van der Waals surface area contributed by atoms with Gasteiger partial charge >= 0.3 is 5.97 Å². The van der Waals surface area contributed by atoms with Crippen LogP contribution in [0.2, 0.25) is 0 Å². The molecule has 2 aromatic carbocycles. The molecule has 0 spiro atoms. The number of aromatic hydroxyl groups is 1. The van der Waals surface area contributed by atoms with Crippen molar-refractivity contribution in [3.63, 3.8) is 0 Å². The summed E-state index contributed by atoms with van der Waals surface area (Å²) in [5.74, 6) is -6.84. The number of amides is 6. The Balaban J connectivity index is 1.92. The van der Waals surface area contributed by atoms with Gasteiger partial charge in [-0.3, -0.25) is 33.8 Å². The Morgan fingerprint density at radius 1 is 0.683 bits per heavy atom. The minimum absolute atomic E-state index is 0.0388. The molecule has 0 unspecified atom stereocenters. The summed E-state index contributed by atoms with van der Waals surface area (Å²) in [6.07, 6.45) is 1.73. The highest BCUT2D eigenvalue weighted by Gasteiger charge is 2.33. The maximum atomic E-state index is 14.1. The molecule has 1 aromatic heterocycles. The number of primary amides is 1. The molecular formula is C38H52N12O10. The van der Waals surface area contributed by atoms with Gasteiger partial charge in [-0.2, -0.15) is 0 Å². The predicted molar refractivity (Wildman–Crippen MR) is 215 cm³/mol. The second kappa shape index (κ2) is 24.0. The standard InChI is InChI=1S/C38H52N12O10/c39-25(19-51)32(54)46-27(12-13-31(40)53)34(56)48-28(15-21-5-2-1-3-6-21)35(57)47-26(7-4-14-44-38(41)42)33(55)49-29(17-23-18-43-20-45-23)36(58)50-30(37(59)60)16-22-8-10-24(52)11-9-22/h1-3,5-6,8-11,18,20,25-30,51-52H,4,7,12-17,19,39H2,(H2,40,53)(H,43,45)(H,46,54)(H,47,57)(H,48,56)(H,49,55)(H,50,58)(H,59,60)(H4,41,42,44)/t25-,26-,27-,28-,29-,30-/m0/s1. The monoisotopic (exact) mass is 836 g/mol. The number of aromatic amines is 1. The first-order valence-corrected chi connectivity index (χ1v) is 18.8. The fourth-order valence-electron chi connectivity index (χ4n) is 5.73. The number of nitrogens with two attached hydrogens (primary N) is 4. The topological polar surface area (TPSA) is 385 Å². The van der Waals surface area contributed by atoms with Crippen LogP contribution in [-0.2, 0) is 52.8 Å². The van der Waals surface area contributed by atoms with Gasteiger partial charge < -0.3 is 69.8 Å². The zero-order chi connectivity index (χ0) is 44.2. The van der Waals surface area contributed by atoms with Crippen LogP contribution in [0, 0.1) is 0 Å². The summed E-state index contributed by atoms with van der Waals surface area (Å²) in [6, 6.07) is 5.76. The molecule has 324 valence electrons. The summed E-state index contributed by atoms with van der Waals surface area (Å²) in [6.45, 7) is -0.703. The SMILES string of the molecule is NC(=O)CC[C@H](NC(=O)[C@@H](N)CO)C(=O)N[C@@H](Cc1ccccc1)C(=O)N[C@@H](CCCN=C(N)N)C(=O)N[C@@H](Cc1cnc[nH]1)C(=O)N[C@@H](Cc1ccc(O)cc1)C(=O)O. The number of phenols is 1. The number of imidazole rings is 1. The van der Waals surface area contributed by atoms with Crippen LogP contribution in [0.5, 0.6) is 5.75 Å². The van der Waals surface area contributed by atoms with Crippen LogP contribution < -0.4 is 49.5 Å². The van der Waals surface area contributed by atoms with Gasteiger partial charge in [0.15, 0.2) is 5.96 Å².